The zero-order chi connectivity index (χ0) is 17.5. The second-order valence-electron chi connectivity index (χ2n) is 5.84. The Morgan fingerprint density at radius 3 is 2.65 bits per heavy atom. The van der Waals surface area contributed by atoms with Gasteiger partial charge in [0.25, 0.3) is 6.47 Å². The Balaban J connectivity index is 0.000000816. The summed E-state index contributed by atoms with van der Waals surface area (Å²) in [5.74, 6) is -0.868. The van der Waals surface area contributed by atoms with E-state index in [0.29, 0.717) is 32.5 Å². The SMILES string of the molecule is CCC[C@]1(C(=O)O)CCN(Cc2cnn(C)c2)C[C@H]1O.O=CO. The van der Waals surface area contributed by atoms with Crippen LogP contribution < -0.4 is 0 Å². The maximum Gasteiger partial charge on any atom is 0.312 e. The Morgan fingerprint density at radius 1 is 1.57 bits per heavy atom. The number of rotatable bonds is 5. The highest BCUT2D eigenvalue weighted by Crippen LogP contribution is 2.37. The van der Waals surface area contributed by atoms with Crippen molar-refractivity contribution in [3.8, 4) is 0 Å². The predicted molar refractivity (Wildman–Crippen MR) is 82.8 cm³/mol. The summed E-state index contributed by atoms with van der Waals surface area (Å²) < 4.78 is 1.74. The minimum absolute atomic E-state index is 0.250. The minimum Gasteiger partial charge on any atom is -0.483 e. The smallest absolute Gasteiger partial charge is 0.312 e. The number of aromatic nitrogens is 2. The fraction of sp³-hybridized carbons (Fsp3) is 0.667. The molecule has 0 aromatic carbocycles. The molecule has 1 aliphatic heterocycles. The number of hydrogen-bond donors (Lipinski definition) is 3. The standard InChI is InChI=1S/C14H23N3O3.CH2O2/c1-3-4-14(13(19)20)5-6-17(10-12(14)18)9-11-7-15-16(2)8-11;2-1-3/h7-8,12,18H,3-6,9-10H2,1-2H3,(H,19,20);1H,(H,2,3)/t12-,14+;/m1./s1. The highest BCUT2D eigenvalue weighted by Gasteiger charge is 2.47. The number of hydrogen-bond acceptors (Lipinski definition) is 5. The van der Waals surface area contributed by atoms with Crippen molar-refractivity contribution in [3.05, 3.63) is 18.0 Å². The fourth-order valence-electron chi connectivity index (χ4n) is 3.08. The van der Waals surface area contributed by atoms with Crippen LogP contribution in [0.1, 0.15) is 31.7 Å². The average molecular weight is 327 g/mol. The molecule has 1 aromatic rings. The number of carboxylic acids is 1. The number of nitrogens with zero attached hydrogens (tertiary/aromatic N) is 3. The molecule has 2 heterocycles. The van der Waals surface area contributed by atoms with E-state index in [0.717, 1.165) is 12.0 Å². The highest BCUT2D eigenvalue weighted by atomic mass is 16.4. The first kappa shape index (κ1) is 19.1. The van der Waals surface area contributed by atoms with Gasteiger partial charge in [-0.25, -0.2) is 0 Å². The number of carbonyl (C=O) groups is 2. The molecule has 1 saturated heterocycles. The Kier molecular flexibility index (Phi) is 7.18. The van der Waals surface area contributed by atoms with Crippen LogP contribution in [-0.2, 0) is 23.2 Å². The van der Waals surface area contributed by atoms with Crippen molar-refractivity contribution in [1.82, 2.24) is 14.7 Å². The molecular weight excluding hydrogens is 302 g/mol. The number of carboxylic acid groups (broad SMARTS) is 2. The maximum absolute atomic E-state index is 11.6. The van der Waals surface area contributed by atoms with Crippen LogP contribution in [-0.4, -0.2) is 61.6 Å². The number of aliphatic hydroxyl groups is 1. The molecule has 23 heavy (non-hydrogen) atoms. The molecule has 8 nitrogen and oxygen atoms in total. The third-order valence-corrected chi connectivity index (χ3v) is 4.23. The molecule has 130 valence electrons. The first-order valence-corrected chi connectivity index (χ1v) is 7.58. The molecule has 0 radical (unpaired) electrons. The van der Waals surface area contributed by atoms with Gasteiger partial charge in [0.1, 0.15) is 0 Å². The summed E-state index contributed by atoms with van der Waals surface area (Å²) >= 11 is 0. The van der Waals surface area contributed by atoms with Crippen LogP contribution in [0.2, 0.25) is 0 Å². The van der Waals surface area contributed by atoms with Gasteiger partial charge < -0.3 is 15.3 Å². The summed E-state index contributed by atoms with van der Waals surface area (Å²) in [6.45, 7) is 3.51. The van der Waals surface area contributed by atoms with E-state index >= 15 is 0 Å². The Bertz CT molecular complexity index is 519. The van der Waals surface area contributed by atoms with Crippen molar-refractivity contribution in [1.29, 1.82) is 0 Å². The van der Waals surface area contributed by atoms with Gasteiger partial charge in [0.15, 0.2) is 0 Å². The van der Waals surface area contributed by atoms with E-state index in [1.165, 1.54) is 0 Å². The Labute approximate surface area is 135 Å². The van der Waals surface area contributed by atoms with Crippen LogP contribution in [0.4, 0.5) is 0 Å². The van der Waals surface area contributed by atoms with Crippen molar-refractivity contribution in [2.75, 3.05) is 13.1 Å². The third kappa shape index (κ3) is 4.77. The lowest BCUT2D eigenvalue weighted by Gasteiger charge is -2.42. The number of aliphatic hydroxyl groups excluding tert-OH is 1. The molecule has 2 rings (SSSR count). The average Bonchev–Trinajstić information content (AvgIpc) is 2.88. The molecule has 8 heteroatoms. The molecule has 0 saturated carbocycles. The largest absolute Gasteiger partial charge is 0.483 e. The zero-order valence-corrected chi connectivity index (χ0v) is 13.6. The quantitative estimate of drug-likeness (QED) is 0.677. The van der Waals surface area contributed by atoms with E-state index < -0.39 is 17.5 Å². The minimum atomic E-state index is -0.972. The first-order chi connectivity index (χ1) is 10.9. The van der Waals surface area contributed by atoms with Crippen LogP contribution in [0, 0.1) is 5.41 Å². The number of aryl methyl sites for hydroxylation is 1. The molecule has 3 N–H and O–H groups in total. The van der Waals surface area contributed by atoms with Gasteiger partial charge in [-0.3, -0.25) is 19.2 Å². The zero-order valence-electron chi connectivity index (χ0n) is 13.6. The summed E-state index contributed by atoms with van der Waals surface area (Å²) in [6, 6.07) is 0. The number of likely N-dealkylation sites (tertiary alicyclic amines) is 1. The topological polar surface area (TPSA) is 116 Å². The second-order valence-corrected chi connectivity index (χ2v) is 5.84. The van der Waals surface area contributed by atoms with Gasteiger partial charge in [-0.2, -0.15) is 5.10 Å². The van der Waals surface area contributed by atoms with Crippen molar-refractivity contribution in [2.24, 2.45) is 12.5 Å². The van der Waals surface area contributed by atoms with Gasteiger partial charge in [-0.05, 0) is 19.4 Å². The first-order valence-electron chi connectivity index (χ1n) is 7.58. The lowest BCUT2D eigenvalue weighted by Crippen LogP contribution is -2.54. The van der Waals surface area contributed by atoms with Crippen LogP contribution in [0.25, 0.3) is 0 Å². The van der Waals surface area contributed by atoms with Crippen LogP contribution >= 0.6 is 0 Å². The summed E-state index contributed by atoms with van der Waals surface area (Å²) in [4.78, 5) is 22.0. The van der Waals surface area contributed by atoms with Gasteiger partial charge in [0.05, 0.1) is 17.7 Å². The summed E-state index contributed by atoms with van der Waals surface area (Å²) in [7, 11) is 1.87. The predicted octanol–water partition coefficient (Wildman–Crippen LogP) is 0.559. The Hall–Kier alpha value is -1.93. The molecule has 0 aliphatic carbocycles. The summed E-state index contributed by atoms with van der Waals surface area (Å²) in [6.07, 6.45) is 4.73. The van der Waals surface area contributed by atoms with Crippen LogP contribution in [0.15, 0.2) is 12.4 Å². The molecule has 0 unspecified atom stereocenters. The molecular formula is C15H25N3O5. The molecule has 1 aliphatic rings. The van der Waals surface area contributed by atoms with Crippen LogP contribution in [0.3, 0.4) is 0 Å². The van der Waals surface area contributed by atoms with E-state index in [1.807, 2.05) is 20.2 Å². The molecule has 2 atom stereocenters. The molecule has 0 amide bonds. The van der Waals surface area contributed by atoms with Crippen LogP contribution in [0.5, 0.6) is 0 Å². The number of piperidine rings is 1. The lowest BCUT2D eigenvalue weighted by molar-refractivity contribution is -0.164. The second kappa shape index (κ2) is 8.64. The molecule has 0 bridgehead atoms. The van der Waals surface area contributed by atoms with Crippen molar-refractivity contribution in [3.63, 3.8) is 0 Å². The molecule has 1 aromatic heterocycles. The number of β-amino-alcohol motifs (C(OH)–C–C–N with tert-alkyl or cyclic N) is 1. The van der Waals surface area contributed by atoms with E-state index in [2.05, 4.69) is 10.00 Å². The van der Waals surface area contributed by atoms with Gasteiger partial charge >= 0.3 is 5.97 Å². The van der Waals surface area contributed by atoms with E-state index in [9.17, 15) is 15.0 Å². The highest BCUT2D eigenvalue weighted by molar-refractivity contribution is 5.75. The summed E-state index contributed by atoms with van der Waals surface area (Å²) in [5, 5.41) is 30.8. The van der Waals surface area contributed by atoms with Gasteiger partial charge in [0.2, 0.25) is 0 Å². The number of aliphatic carboxylic acids is 1. The molecule has 1 fully saturated rings. The lowest BCUT2D eigenvalue weighted by atomic mass is 9.73. The molecule has 0 spiro atoms. The van der Waals surface area contributed by atoms with Gasteiger partial charge in [-0.1, -0.05) is 13.3 Å². The normalized spacial score (nSPS) is 24.6. The van der Waals surface area contributed by atoms with Gasteiger partial charge in [-0.15, -0.1) is 0 Å². The monoisotopic (exact) mass is 327 g/mol. The van der Waals surface area contributed by atoms with E-state index in [1.54, 1.807) is 10.9 Å². The van der Waals surface area contributed by atoms with Gasteiger partial charge in [0, 0.05) is 31.9 Å². The van der Waals surface area contributed by atoms with E-state index in [4.69, 9.17) is 9.90 Å². The van der Waals surface area contributed by atoms with Crippen molar-refractivity contribution >= 4 is 12.4 Å². The maximum atomic E-state index is 11.6. The summed E-state index contributed by atoms with van der Waals surface area (Å²) in [5.41, 5.74) is 0.109. The fourth-order valence-corrected chi connectivity index (χ4v) is 3.08. The third-order valence-electron chi connectivity index (χ3n) is 4.23. The van der Waals surface area contributed by atoms with E-state index in [-0.39, 0.29) is 6.47 Å². The Morgan fingerprint density at radius 2 is 2.22 bits per heavy atom. The van der Waals surface area contributed by atoms with Crippen molar-refractivity contribution < 1.29 is 24.9 Å². The van der Waals surface area contributed by atoms with Crippen molar-refractivity contribution in [2.45, 2.75) is 38.8 Å².